The number of hydrogen-bond donors (Lipinski definition) is 1. The highest BCUT2D eigenvalue weighted by molar-refractivity contribution is 5.91. The summed E-state index contributed by atoms with van der Waals surface area (Å²) in [7, 11) is 0. The zero-order valence-corrected chi connectivity index (χ0v) is 12.9. The summed E-state index contributed by atoms with van der Waals surface area (Å²) in [4.78, 5) is 20.6. The van der Waals surface area contributed by atoms with Crippen molar-refractivity contribution in [2.75, 3.05) is 6.61 Å². The smallest absolute Gasteiger partial charge is 0.328 e. The van der Waals surface area contributed by atoms with Crippen LogP contribution in [0, 0.1) is 0 Å². The van der Waals surface area contributed by atoms with Gasteiger partial charge in [0.2, 0.25) is 0 Å². The highest BCUT2D eigenvalue weighted by Gasteiger charge is 2.47. The molecule has 0 saturated carbocycles. The lowest BCUT2D eigenvalue weighted by Gasteiger charge is -2.30. The van der Waals surface area contributed by atoms with Gasteiger partial charge < -0.3 is 9.72 Å². The Labute approximate surface area is 135 Å². The van der Waals surface area contributed by atoms with Crippen LogP contribution in [0.4, 0.5) is 0 Å². The summed E-state index contributed by atoms with van der Waals surface area (Å²) < 4.78 is 5.44. The largest absolute Gasteiger partial charge is 0.465 e. The molecule has 2 aromatic carbocycles. The van der Waals surface area contributed by atoms with E-state index >= 15 is 0 Å². The van der Waals surface area contributed by atoms with Gasteiger partial charge in [-0.1, -0.05) is 60.7 Å². The lowest BCUT2D eigenvalue weighted by Crippen LogP contribution is -2.41. The lowest BCUT2D eigenvalue weighted by molar-refractivity contribution is -0.147. The third kappa shape index (κ3) is 2.52. The fourth-order valence-corrected chi connectivity index (χ4v) is 2.86. The number of nitrogens with one attached hydrogen (secondary N) is 1. The summed E-state index contributed by atoms with van der Waals surface area (Å²) in [6, 6.07) is 19.2. The number of carbonyl (C=O) groups is 1. The Balaban J connectivity index is 2.33. The number of rotatable bonds is 5. The van der Waals surface area contributed by atoms with Crippen molar-refractivity contribution in [3.05, 3.63) is 90.0 Å². The number of H-pyrrole nitrogens is 1. The molecular formula is C19H18N2O2. The van der Waals surface area contributed by atoms with Crippen molar-refractivity contribution < 1.29 is 9.53 Å². The van der Waals surface area contributed by atoms with Crippen LogP contribution in [0.5, 0.6) is 0 Å². The Morgan fingerprint density at radius 1 is 1.04 bits per heavy atom. The number of nitrogens with zero attached hydrogens (tertiary/aromatic N) is 1. The van der Waals surface area contributed by atoms with Crippen LogP contribution < -0.4 is 0 Å². The molecule has 0 saturated heterocycles. The first kappa shape index (κ1) is 15.0. The van der Waals surface area contributed by atoms with Gasteiger partial charge in [0.1, 0.15) is 5.82 Å². The Kier molecular flexibility index (Phi) is 4.24. The molecule has 23 heavy (non-hydrogen) atoms. The molecule has 1 N–H and O–H groups in total. The van der Waals surface area contributed by atoms with Crippen LogP contribution >= 0.6 is 0 Å². The minimum Gasteiger partial charge on any atom is -0.465 e. The zero-order chi connectivity index (χ0) is 16.1. The fourth-order valence-electron chi connectivity index (χ4n) is 2.86. The third-order valence-corrected chi connectivity index (χ3v) is 3.85. The number of carbonyl (C=O) groups excluding carboxylic acids is 1. The molecule has 0 bridgehead atoms. The predicted octanol–water partition coefficient (Wildman–Crippen LogP) is 3.31. The lowest BCUT2D eigenvalue weighted by atomic mass is 9.73. The van der Waals surface area contributed by atoms with Crippen molar-refractivity contribution in [3.63, 3.8) is 0 Å². The first-order valence-corrected chi connectivity index (χ1v) is 7.58. The van der Waals surface area contributed by atoms with Crippen molar-refractivity contribution in [2.45, 2.75) is 12.3 Å². The molecule has 3 rings (SSSR count). The van der Waals surface area contributed by atoms with Gasteiger partial charge in [-0.3, -0.25) is 4.79 Å². The molecule has 0 aliphatic rings. The van der Waals surface area contributed by atoms with E-state index in [1.165, 1.54) is 0 Å². The molecule has 0 atom stereocenters. The van der Waals surface area contributed by atoms with Crippen LogP contribution in [0.2, 0.25) is 0 Å². The maximum atomic E-state index is 13.1. The Morgan fingerprint density at radius 3 is 2.04 bits per heavy atom. The molecule has 4 nitrogen and oxygen atoms in total. The summed E-state index contributed by atoms with van der Waals surface area (Å²) in [5.74, 6) is 0.209. The van der Waals surface area contributed by atoms with E-state index in [1.807, 2.05) is 60.7 Å². The van der Waals surface area contributed by atoms with E-state index in [-0.39, 0.29) is 5.97 Å². The second-order valence-corrected chi connectivity index (χ2v) is 5.14. The predicted molar refractivity (Wildman–Crippen MR) is 88.0 cm³/mol. The van der Waals surface area contributed by atoms with E-state index in [1.54, 1.807) is 19.3 Å². The van der Waals surface area contributed by atoms with Gasteiger partial charge in [-0.05, 0) is 18.1 Å². The van der Waals surface area contributed by atoms with E-state index in [4.69, 9.17) is 4.74 Å². The molecule has 1 aromatic heterocycles. The van der Waals surface area contributed by atoms with Gasteiger partial charge in [0.15, 0.2) is 5.41 Å². The molecule has 1 heterocycles. The molecule has 0 fully saturated rings. The minimum atomic E-state index is -1.11. The summed E-state index contributed by atoms with van der Waals surface area (Å²) in [6.45, 7) is 2.11. The number of hydrogen-bond acceptors (Lipinski definition) is 3. The van der Waals surface area contributed by atoms with Crippen LogP contribution in [-0.2, 0) is 14.9 Å². The number of imidazole rings is 1. The first-order chi connectivity index (χ1) is 11.3. The molecule has 0 radical (unpaired) electrons. The molecule has 0 amide bonds. The maximum absolute atomic E-state index is 13.1. The van der Waals surface area contributed by atoms with Crippen LogP contribution in [0.25, 0.3) is 0 Å². The highest BCUT2D eigenvalue weighted by Crippen LogP contribution is 2.38. The monoisotopic (exact) mass is 306 g/mol. The van der Waals surface area contributed by atoms with Crippen LogP contribution in [0.15, 0.2) is 73.1 Å². The van der Waals surface area contributed by atoms with E-state index in [9.17, 15) is 4.79 Å². The Hall–Kier alpha value is -2.88. The highest BCUT2D eigenvalue weighted by atomic mass is 16.5. The summed E-state index contributed by atoms with van der Waals surface area (Å²) in [5.41, 5.74) is 0.529. The molecule has 0 aliphatic carbocycles. The average Bonchev–Trinajstić information content (AvgIpc) is 3.13. The van der Waals surface area contributed by atoms with Crippen molar-refractivity contribution in [1.29, 1.82) is 0 Å². The number of esters is 1. The molecule has 0 unspecified atom stereocenters. The van der Waals surface area contributed by atoms with Crippen LogP contribution in [0.1, 0.15) is 23.9 Å². The van der Waals surface area contributed by atoms with E-state index in [2.05, 4.69) is 9.97 Å². The third-order valence-electron chi connectivity index (χ3n) is 3.85. The Bertz CT molecular complexity index is 713. The van der Waals surface area contributed by atoms with E-state index in [0.717, 1.165) is 11.1 Å². The molecule has 4 heteroatoms. The molecule has 116 valence electrons. The second-order valence-electron chi connectivity index (χ2n) is 5.14. The molecular weight excluding hydrogens is 288 g/mol. The number of aromatic nitrogens is 2. The second kappa shape index (κ2) is 6.48. The average molecular weight is 306 g/mol. The normalized spacial score (nSPS) is 11.2. The first-order valence-electron chi connectivity index (χ1n) is 7.58. The quantitative estimate of drug-likeness (QED) is 0.736. The maximum Gasteiger partial charge on any atom is 0.328 e. The van der Waals surface area contributed by atoms with Gasteiger partial charge in [0.25, 0.3) is 0 Å². The van der Waals surface area contributed by atoms with Crippen molar-refractivity contribution >= 4 is 5.97 Å². The van der Waals surface area contributed by atoms with Crippen molar-refractivity contribution in [3.8, 4) is 0 Å². The zero-order valence-electron chi connectivity index (χ0n) is 12.9. The van der Waals surface area contributed by atoms with Crippen LogP contribution in [-0.4, -0.2) is 22.5 Å². The SMILES string of the molecule is CCOC(=O)C(c1ccccc1)(c1ccccc1)c1ncc[nH]1. The standard InChI is InChI=1S/C19H18N2O2/c1-2-23-18(22)19(17-20-13-14-21-17,15-9-5-3-6-10-15)16-11-7-4-8-12-16/h3-14H,2H2,1H3,(H,20,21). The van der Waals surface area contributed by atoms with Gasteiger partial charge in [-0.15, -0.1) is 0 Å². The fraction of sp³-hybridized carbons (Fsp3) is 0.158. The van der Waals surface area contributed by atoms with Gasteiger partial charge in [0.05, 0.1) is 6.61 Å². The van der Waals surface area contributed by atoms with Gasteiger partial charge in [-0.2, -0.15) is 0 Å². The van der Waals surface area contributed by atoms with Crippen LogP contribution in [0.3, 0.4) is 0 Å². The molecule has 0 aliphatic heterocycles. The number of aromatic amines is 1. The summed E-state index contributed by atoms with van der Waals surface area (Å²) >= 11 is 0. The molecule has 0 spiro atoms. The van der Waals surface area contributed by atoms with E-state index < -0.39 is 5.41 Å². The minimum absolute atomic E-state index is 0.307. The summed E-state index contributed by atoms with van der Waals surface area (Å²) in [6.07, 6.45) is 3.37. The Morgan fingerprint density at radius 2 is 1.61 bits per heavy atom. The number of ether oxygens (including phenoxy) is 1. The van der Waals surface area contributed by atoms with Gasteiger partial charge in [-0.25, -0.2) is 4.98 Å². The number of benzene rings is 2. The van der Waals surface area contributed by atoms with Gasteiger partial charge >= 0.3 is 5.97 Å². The van der Waals surface area contributed by atoms with Gasteiger partial charge in [0, 0.05) is 12.4 Å². The van der Waals surface area contributed by atoms with E-state index in [0.29, 0.717) is 12.4 Å². The van der Waals surface area contributed by atoms with Crippen molar-refractivity contribution in [2.24, 2.45) is 0 Å². The topological polar surface area (TPSA) is 55.0 Å². The summed E-state index contributed by atoms with van der Waals surface area (Å²) in [5, 5.41) is 0. The van der Waals surface area contributed by atoms with Crippen molar-refractivity contribution in [1.82, 2.24) is 9.97 Å². The molecule has 3 aromatic rings.